The number of aromatic nitrogens is 4. The van der Waals surface area contributed by atoms with Gasteiger partial charge in [0.05, 0.1) is 11.9 Å². The number of amides is 1. The van der Waals surface area contributed by atoms with E-state index < -0.39 is 21.3 Å². The number of nitrogens with zero attached hydrogens (tertiary/aromatic N) is 5. The third kappa shape index (κ3) is 5.35. The second-order valence-corrected chi connectivity index (χ2v) is 11.6. The number of sulfone groups is 1. The third-order valence-electron chi connectivity index (χ3n) is 5.58. The quantitative estimate of drug-likeness (QED) is 0.552. The Bertz CT molecular complexity index is 1330. The van der Waals surface area contributed by atoms with Gasteiger partial charge in [-0.3, -0.25) is 4.40 Å². The number of pyridine rings is 1. The number of hydrogen-bond donors (Lipinski definition) is 0. The van der Waals surface area contributed by atoms with Crippen molar-refractivity contribution in [2.24, 2.45) is 5.92 Å². The van der Waals surface area contributed by atoms with Gasteiger partial charge in [0.25, 0.3) is 0 Å². The van der Waals surface area contributed by atoms with E-state index in [1.54, 1.807) is 4.90 Å². The van der Waals surface area contributed by atoms with Crippen LogP contribution < -0.4 is 0 Å². The van der Waals surface area contributed by atoms with Gasteiger partial charge in [-0.1, -0.05) is 0 Å². The first-order chi connectivity index (χ1) is 15.9. The van der Waals surface area contributed by atoms with Crippen LogP contribution in [0.15, 0.2) is 35.6 Å². The number of carbonyl (C=O) groups excluding carboxylic acids is 1. The molecule has 1 atom stereocenters. The third-order valence-corrected chi connectivity index (χ3v) is 6.72. The molecule has 0 unspecified atom stereocenters. The molecule has 11 heteroatoms. The zero-order valence-corrected chi connectivity index (χ0v) is 20.5. The number of fused-ring (bicyclic) bond motifs is 1. The average Bonchev–Trinajstić information content (AvgIpc) is 3.15. The fourth-order valence-electron chi connectivity index (χ4n) is 4.10. The van der Waals surface area contributed by atoms with Crippen molar-refractivity contribution in [3.63, 3.8) is 0 Å². The van der Waals surface area contributed by atoms with E-state index in [4.69, 9.17) is 4.74 Å². The fraction of sp³-hybridized carbons (Fsp3) is 0.478. The molecule has 0 bridgehead atoms. The van der Waals surface area contributed by atoms with Gasteiger partial charge in [-0.2, -0.15) is 0 Å². The lowest BCUT2D eigenvalue weighted by Crippen LogP contribution is -2.43. The van der Waals surface area contributed by atoms with Crippen molar-refractivity contribution in [3.05, 3.63) is 42.2 Å². The summed E-state index contributed by atoms with van der Waals surface area (Å²) in [6, 6.07) is 2.85. The van der Waals surface area contributed by atoms with Crippen LogP contribution in [-0.2, 0) is 21.0 Å². The number of hydrogen-bond acceptors (Lipinski definition) is 7. The van der Waals surface area contributed by atoms with Gasteiger partial charge in [0, 0.05) is 31.7 Å². The van der Waals surface area contributed by atoms with Crippen molar-refractivity contribution in [1.29, 1.82) is 0 Å². The number of imidazole rings is 1. The second-order valence-electron chi connectivity index (χ2n) is 9.63. The van der Waals surface area contributed by atoms with Crippen molar-refractivity contribution < 1.29 is 22.3 Å². The minimum absolute atomic E-state index is 0.00384. The molecule has 3 aromatic heterocycles. The molecule has 0 aromatic carbocycles. The van der Waals surface area contributed by atoms with Crippen molar-refractivity contribution in [1.82, 2.24) is 24.3 Å². The highest BCUT2D eigenvalue weighted by atomic mass is 32.2. The summed E-state index contributed by atoms with van der Waals surface area (Å²) < 4.78 is 45.7. The number of rotatable bonds is 4. The molecule has 182 valence electrons. The monoisotopic (exact) mass is 489 g/mol. The number of likely N-dealkylation sites (tertiary alicyclic amines) is 1. The van der Waals surface area contributed by atoms with Gasteiger partial charge in [-0.25, -0.2) is 32.6 Å². The molecule has 4 heterocycles. The Morgan fingerprint density at radius 1 is 1.24 bits per heavy atom. The van der Waals surface area contributed by atoms with Gasteiger partial charge in [-0.15, -0.1) is 0 Å². The maximum absolute atomic E-state index is 13.8. The lowest BCUT2D eigenvalue weighted by Gasteiger charge is -2.34. The minimum Gasteiger partial charge on any atom is -0.444 e. The molecule has 0 N–H and O–H groups in total. The molecule has 1 aliphatic rings. The predicted molar refractivity (Wildman–Crippen MR) is 124 cm³/mol. The fourth-order valence-corrected chi connectivity index (χ4v) is 4.90. The van der Waals surface area contributed by atoms with Crippen LogP contribution in [0.25, 0.3) is 17.2 Å². The molecule has 1 fully saturated rings. The largest absolute Gasteiger partial charge is 0.444 e. The standard InChI is InChI=1S/C23H28FN5O4S/c1-23(2,3)33-22(30)28-9-5-6-15(13-28)10-17-19(34(4,31)32)12-26-21(27-17)18-11-25-20-8-7-16(24)14-29(18)20/h7-8,11-12,14-15H,5-6,9-10,13H2,1-4H3/t15-/m0/s1. The van der Waals surface area contributed by atoms with E-state index in [1.807, 2.05) is 20.8 Å². The maximum atomic E-state index is 13.8. The molecule has 1 amide bonds. The molecule has 1 saturated heterocycles. The summed E-state index contributed by atoms with van der Waals surface area (Å²) in [5.41, 5.74) is 0.751. The summed E-state index contributed by atoms with van der Waals surface area (Å²) in [6.07, 6.45) is 6.79. The van der Waals surface area contributed by atoms with Gasteiger partial charge in [-0.05, 0) is 58.1 Å². The van der Waals surface area contributed by atoms with Crippen molar-refractivity contribution >= 4 is 21.6 Å². The summed E-state index contributed by atoms with van der Waals surface area (Å²) in [5.74, 6) is -0.186. The Kier molecular flexibility index (Phi) is 6.32. The van der Waals surface area contributed by atoms with Gasteiger partial charge in [0.1, 0.15) is 27.7 Å². The molecule has 1 aliphatic heterocycles. The van der Waals surface area contributed by atoms with Crippen LogP contribution in [0, 0.1) is 11.7 Å². The van der Waals surface area contributed by atoms with E-state index in [2.05, 4.69) is 15.0 Å². The Hall–Kier alpha value is -3.08. The van der Waals surface area contributed by atoms with Crippen LogP contribution in [0.5, 0.6) is 0 Å². The van der Waals surface area contributed by atoms with Crippen LogP contribution in [0.1, 0.15) is 39.3 Å². The molecule has 34 heavy (non-hydrogen) atoms. The Balaban J connectivity index is 1.65. The topological polar surface area (TPSA) is 107 Å². The normalized spacial score (nSPS) is 17.2. The van der Waals surface area contributed by atoms with Crippen molar-refractivity contribution in [2.45, 2.75) is 50.5 Å². The number of piperidine rings is 1. The van der Waals surface area contributed by atoms with E-state index in [-0.39, 0.29) is 22.7 Å². The SMILES string of the molecule is CC(C)(C)OC(=O)N1CCC[C@@H](Cc2nc(-c3cnc4ccc(F)cn34)ncc2S(C)(=O)=O)C1. The van der Waals surface area contributed by atoms with E-state index in [0.29, 0.717) is 36.5 Å². The Labute approximate surface area is 197 Å². The number of carbonyl (C=O) groups is 1. The first-order valence-electron chi connectivity index (χ1n) is 11.1. The minimum atomic E-state index is -3.59. The lowest BCUT2D eigenvalue weighted by molar-refractivity contribution is 0.0165. The van der Waals surface area contributed by atoms with Crippen LogP contribution in [0.2, 0.25) is 0 Å². The van der Waals surface area contributed by atoms with Crippen LogP contribution in [0.4, 0.5) is 9.18 Å². The summed E-state index contributed by atoms with van der Waals surface area (Å²) in [5, 5.41) is 0. The molecule has 0 aliphatic carbocycles. The average molecular weight is 490 g/mol. The highest BCUT2D eigenvalue weighted by Gasteiger charge is 2.29. The zero-order valence-electron chi connectivity index (χ0n) is 19.7. The van der Waals surface area contributed by atoms with Crippen LogP contribution in [0.3, 0.4) is 0 Å². The van der Waals surface area contributed by atoms with Crippen LogP contribution in [-0.4, -0.2) is 63.7 Å². The van der Waals surface area contributed by atoms with Gasteiger partial charge in [0.15, 0.2) is 15.7 Å². The molecule has 0 spiro atoms. The molecule has 9 nitrogen and oxygen atoms in total. The van der Waals surface area contributed by atoms with Crippen molar-refractivity contribution in [3.8, 4) is 11.5 Å². The van der Waals surface area contributed by atoms with Gasteiger partial charge < -0.3 is 9.64 Å². The molecule has 3 aromatic rings. The molecule has 0 radical (unpaired) electrons. The predicted octanol–water partition coefficient (Wildman–Crippen LogP) is 3.52. The second kappa shape index (κ2) is 8.94. The van der Waals surface area contributed by atoms with Crippen molar-refractivity contribution in [2.75, 3.05) is 19.3 Å². The number of halogens is 1. The summed E-state index contributed by atoms with van der Waals surface area (Å²) >= 11 is 0. The highest BCUT2D eigenvalue weighted by Crippen LogP contribution is 2.27. The van der Waals surface area contributed by atoms with Crippen LogP contribution >= 0.6 is 0 Å². The summed E-state index contributed by atoms with van der Waals surface area (Å²) in [7, 11) is -3.59. The summed E-state index contributed by atoms with van der Waals surface area (Å²) in [6.45, 7) is 6.49. The highest BCUT2D eigenvalue weighted by molar-refractivity contribution is 7.90. The van der Waals surface area contributed by atoms with Gasteiger partial charge in [0.2, 0.25) is 0 Å². The maximum Gasteiger partial charge on any atom is 0.410 e. The van der Waals surface area contributed by atoms with E-state index in [0.717, 1.165) is 19.1 Å². The van der Waals surface area contributed by atoms with E-state index >= 15 is 0 Å². The molecular weight excluding hydrogens is 461 g/mol. The lowest BCUT2D eigenvalue weighted by atomic mass is 9.93. The molecule has 0 saturated carbocycles. The Morgan fingerprint density at radius 2 is 2.00 bits per heavy atom. The van der Waals surface area contributed by atoms with E-state index in [9.17, 15) is 17.6 Å². The molecule has 4 rings (SSSR count). The first kappa shape index (κ1) is 24.1. The first-order valence-corrected chi connectivity index (χ1v) is 13.0. The Morgan fingerprint density at radius 3 is 2.71 bits per heavy atom. The summed E-state index contributed by atoms with van der Waals surface area (Å²) in [4.78, 5) is 27.3. The number of ether oxygens (including phenoxy) is 1. The van der Waals surface area contributed by atoms with Gasteiger partial charge >= 0.3 is 6.09 Å². The molecular formula is C23H28FN5O4S. The zero-order chi connectivity index (χ0) is 24.7. The smallest absolute Gasteiger partial charge is 0.410 e. The van der Waals surface area contributed by atoms with E-state index in [1.165, 1.54) is 35.1 Å².